The van der Waals surface area contributed by atoms with Gasteiger partial charge in [-0.05, 0) is 24.6 Å². The Morgan fingerprint density at radius 3 is 2.60 bits per heavy atom. The van der Waals surface area contributed by atoms with Crippen molar-refractivity contribution in [2.24, 2.45) is 0 Å². The molecule has 0 aromatic heterocycles. The molecule has 1 aromatic carbocycles. The van der Waals surface area contributed by atoms with E-state index in [1.807, 2.05) is 0 Å². The van der Waals surface area contributed by atoms with Gasteiger partial charge >= 0.3 is 0 Å². The van der Waals surface area contributed by atoms with Crippen molar-refractivity contribution in [3.63, 3.8) is 0 Å². The number of phenols is 1. The van der Waals surface area contributed by atoms with Crippen molar-refractivity contribution in [2.45, 2.75) is 11.8 Å². The number of hydrogen-bond donors (Lipinski definition) is 2. The Morgan fingerprint density at radius 1 is 1.50 bits per heavy atom. The topological polar surface area (TPSA) is 20.2 Å². The minimum absolute atomic E-state index is 0.211. The van der Waals surface area contributed by atoms with E-state index in [1.54, 1.807) is 13.0 Å². The van der Waals surface area contributed by atoms with Gasteiger partial charge in [-0.15, -0.1) is 12.6 Å². The van der Waals surface area contributed by atoms with Gasteiger partial charge in [-0.1, -0.05) is 11.6 Å². The molecule has 54 valence electrons. The molecule has 0 fully saturated rings. The number of phenolic OH excluding ortho intramolecular Hbond substituents is 1. The van der Waals surface area contributed by atoms with Gasteiger partial charge in [0.25, 0.3) is 0 Å². The highest BCUT2D eigenvalue weighted by Gasteiger charge is 2.00. The fourth-order valence-corrected chi connectivity index (χ4v) is 1.07. The lowest BCUT2D eigenvalue weighted by atomic mass is 10.2. The van der Waals surface area contributed by atoms with Gasteiger partial charge in [-0.3, -0.25) is 0 Å². The monoisotopic (exact) mass is 174 g/mol. The maximum Gasteiger partial charge on any atom is 0.120 e. The largest absolute Gasteiger partial charge is 0.508 e. The van der Waals surface area contributed by atoms with Gasteiger partial charge in [0.2, 0.25) is 0 Å². The molecular formula is C7H7ClOS. The van der Waals surface area contributed by atoms with Gasteiger partial charge in [0.05, 0.1) is 5.02 Å². The molecule has 1 rings (SSSR count). The molecular weight excluding hydrogens is 168 g/mol. The third-order valence-electron chi connectivity index (χ3n) is 1.27. The Kier molecular flexibility index (Phi) is 2.11. The zero-order chi connectivity index (χ0) is 7.72. The van der Waals surface area contributed by atoms with Crippen LogP contribution in [0.4, 0.5) is 0 Å². The number of hydrogen-bond acceptors (Lipinski definition) is 2. The zero-order valence-electron chi connectivity index (χ0n) is 5.43. The average Bonchev–Trinajstić information content (AvgIpc) is 1.84. The van der Waals surface area contributed by atoms with E-state index in [4.69, 9.17) is 16.7 Å². The van der Waals surface area contributed by atoms with Crippen molar-refractivity contribution in [3.05, 3.63) is 22.7 Å². The van der Waals surface area contributed by atoms with Gasteiger partial charge in [0.1, 0.15) is 5.75 Å². The molecule has 0 saturated heterocycles. The zero-order valence-corrected chi connectivity index (χ0v) is 7.08. The fourth-order valence-electron chi connectivity index (χ4n) is 0.656. The van der Waals surface area contributed by atoms with Crippen molar-refractivity contribution in [1.29, 1.82) is 0 Å². The Bertz CT molecular complexity index is 210. The van der Waals surface area contributed by atoms with E-state index in [9.17, 15) is 0 Å². The molecule has 0 amide bonds. The van der Waals surface area contributed by atoms with Crippen LogP contribution in [0.1, 0.15) is 5.56 Å². The molecule has 0 aliphatic heterocycles. The minimum Gasteiger partial charge on any atom is -0.508 e. The second-order valence-corrected chi connectivity index (χ2v) is 2.98. The van der Waals surface area contributed by atoms with Crippen molar-refractivity contribution >= 4 is 24.2 Å². The van der Waals surface area contributed by atoms with E-state index >= 15 is 0 Å². The SMILES string of the molecule is Cc1cc(S)c(Cl)cc1O. The lowest BCUT2D eigenvalue weighted by molar-refractivity contribution is 0.470. The smallest absolute Gasteiger partial charge is 0.120 e. The van der Waals surface area contributed by atoms with Crippen LogP contribution in [-0.2, 0) is 0 Å². The Hall–Kier alpha value is -0.340. The molecule has 3 heteroatoms. The van der Waals surface area contributed by atoms with Crippen molar-refractivity contribution in [2.75, 3.05) is 0 Å². The molecule has 0 unspecified atom stereocenters. The standard InChI is InChI=1S/C7H7ClOS/c1-4-2-7(10)5(8)3-6(4)9/h2-3,9-10H,1H3. The molecule has 0 atom stereocenters. The molecule has 0 aliphatic rings. The first-order valence-electron chi connectivity index (χ1n) is 2.79. The lowest BCUT2D eigenvalue weighted by Crippen LogP contribution is -1.75. The Labute approximate surface area is 70.0 Å². The van der Waals surface area contributed by atoms with Crippen molar-refractivity contribution in [3.8, 4) is 5.75 Å². The molecule has 0 bridgehead atoms. The summed E-state index contributed by atoms with van der Waals surface area (Å²) in [5.41, 5.74) is 0.786. The van der Waals surface area contributed by atoms with Gasteiger partial charge in [0.15, 0.2) is 0 Å². The molecule has 0 heterocycles. The van der Waals surface area contributed by atoms with E-state index in [0.29, 0.717) is 9.92 Å². The van der Waals surface area contributed by atoms with Crippen molar-refractivity contribution < 1.29 is 5.11 Å². The van der Waals surface area contributed by atoms with Gasteiger partial charge < -0.3 is 5.11 Å². The summed E-state index contributed by atoms with van der Waals surface area (Å²) in [5.74, 6) is 0.211. The second kappa shape index (κ2) is 2.72. The highest BCUT2D eigenvalue weighted by molar-refractivity contribution is 7.80. The van der Waals surface area contributed by atoms with Crippen LogP contribution in [-0.4, -0.2) is 5.11 Å². The van der Waals surface area contributed by atoms with Crippen LogP contribution >= 0.6 is 24.2 Å². The summed E-state index contributed by atoms with van der Waals surface area (Å²) in [7, 11) is 0. The van der Waals surface area contributed by atoms with Crippen LogP contribution in [0.25, 0.3) is 0 Å². The summed E-state index contributed by atoms with van der Waals surface area (Å²) < 4.78 is 0. The van der Waals surface area contributed by atoms with E-state index in [1.165, 1.54) is 6.07 Å². The van der Waals surface area contributed by atoms with Crippen LogP contribution in [0.3, 0.4) is 0 Å². The van der Waals surface area contributed by atoms with Gasteiger partial charge in [0, 0.05) is 4.90 Å². The summed E-state index contributed by atoms with van der Waals surface area (Å²) in [5, 5.41) is 9.58. The van der Waals surface area contributed by atoms with Gasteiger partial charge in [-0.2, -0.15) is 0 Å². The number of halogens is 1. The molecule has 1 aromatic rings. The highest BCUT2D eigenvalue weighted by Crippen LogP contribution is 2.27. The summed E-state index contributed by atoms with van der Waals surface area (Å²) in [6.45, 7) is 1.80. The predicted molar refractivity (Wildman–Crippen MR) is 45.1 cm³/mol. The highest BCUT2D eigenvalue weighted by atomic mass is 35.5. The van der Waals surface area contributed by atoms with Crippen LogP contribution < -0.4 is 0 Å². The molecule has 0 radical (unpaired) electrons. The van der Waals surface area contributed by atoms with Crippen LogP contribution in [0.2, 0.25) is 5.02 Å². The number of aromatic hydroxyl groups is 1. The van der Waals surface area contributed by atoms with Crippen LogP contribution in [0.5, 0.6) is 5.75 Å². The quantitative estimate of drug-likeness (QED) is 0.580. The predicted octanol–water partition coefficient (Wildman–Crippen LogP) is 2.64. The number of thiol groups is 1. The van der Waals surface area contributed by atoms with E-state index in [-0.39, 0.29) is 5.75 Å². The number of aryl methyl sites for hydroxylation is 1. The number of rotatable bonds is 0. The first kappa shape index (κ1) is 7.76. The van der Waals surface area contributed by atoms with E-state index in [2.05, 4.69) is 12.6 Å². The summed E-state index contributed by atoms with van der Waals surface area (Å²) in [6, 6.07) is 3.21. The average molecular weight is 175 g/mol. The molecule has 0 spiro atoms. The molecule has 0 saturated carbocycles. The summed E-state index contributed by atoms with van der Waals surface area (Å²) in [4.78, 5) is 0.692. The fraction of sp³-hybridized carbons (Fsp3) is 0.143. The first-order valence-corrected chi connectivity index (χ1v) is 3.62. The summed E-state index contributed by atoms with van der Waals surface area (Å²) >= 11 is 9.72. The first-order chi connectivity index (χ1) is 4.61. The van der Waals surface area contributed by atoms with E-state index < -0.39 is 0 Å². The van der Waals surface area contributed by atoms with Crippen LogP contribution in [0.15, 0.2) is 17.0 Å². The maximum atomic E-state index is 9.11. The molecule has 1 N–H and O–H groups in total. The maximum absolute atomic E-state index is 9.11. The molecule has 10 heavy (non-hydrogen) atoms. The van der Waals surface area contributed by atoms with Crippen LogP contribution in [0, 0.1) is 6.92 Å². The third-order valence-corrected chi connectivity index (χ3v) is 2.08. The molecule has 0 aliphatic carbocycles. The van der Waals surface area contributed by atoms with E-state index in [0.717, 1.165) is 5.56 Å². The van der Waals surface area contributed by atoms with Gasteiger partial charge in [-0.25, -0.2) is 0 Å². The van der Waals surface area contributed by atoms with Crippen molar-refractivity contribution in [1.82, 2.24) is 0 Å². The number of benzene rings is 1. The summed E-state index contributed by atoms with van der Waals surface area (Å²) in [6.07, 6.45) is 0. The third kappa shape index (κ3) is 1.39. The lowest BCUT2D eigenvalue weighted by Gasteiger charge is -2.00. The molecule has 1 nitrogen and oxygen atoms in total. The second-order valence-electron chi connectivity index (χ2n) is 2.09. The Balaban J connectivity index is 3.28. The minimum atomic E-state index is 0.211. The normalized spacial score (nSPS) is 9.90. The Morgan fingerprint density at radius 2 is 2.10 bits per heavy atom.